The number of rotatable bonds is 3. The molecule has 0 bridgehead atoms. The lowest BCUT2D eigenvalue weighted by atomic mass is 9.73. The summed E-state index contributed by atoms with van der Waals surface area (Å²) in [5.74, 6) is -0.585. The Kier molecular flexibility index (Phi) is 4.81. The average Bonchev–Trinajstić information content (AvgIpc) is 2.60. The van der Waals surface area contributed by atoms with E-state index < -0.39 is 26.4 Å². The fourth-order valence-corrected chi connectivity index (χ4v) is 5.89. The normalized spacial score (nSPS) is 30.2. The van der Waals surface area contributed by atoms with Crippen molar-refractivity contribution in [1.82, 2.24) is 4.90 Å². The van der Waals surface area contributed by atoms with Crippen molar-refractivity contribution in [1.29, 1.82) is 0 Å². The molecule has 1 aromatic carbocycles. The van der Waals surface area contributed by atoms with Crippen LogP contribution in [0.5, 0.6) is 0 Å². The molecule has 6 nitrogen and oxygen atoms in total. The number of nitrogens with two attached hydrogens (primary N) is 1. The molecule has 2 N–H and O–H groups in total. The zero-order valence-electron chi connectivity index (χ0n) is 15.0. The molecule has 8 heteroatoms. The molecule has 1 saturated carbocycles. The SMILES string of the molecule is CN1C(=O)C[C@@](C)(C2CCCC(S(=O)(=O)c3cccc(F)c3)C2)N=C1N. The van der Waals surface area contributed by atoms with E-state index in [0.717, 1.165) is 18.9 Å². The Balaban J connectivity index is 1.87. The summed E-state index contributed by atoms with van der Waals surface area (Å²) in [7, 11) is -2.05. The van der Waals surface area contributed by atoms with Crippen molar-refractivity contribution >= 4 is 21.7 Å². The summed E-state index contributed by atoms with van der Waals surface area (Å²) in [6, 6.07) is 5.13. The predicted octanol–water partition coefficient (Wildman–Crippen LogP) is 2.09. The molecule has 1 aromatic rings. The average molecular weight is 381 g/mol. The number of sulfone groups is 1. The van der Waals surface area contributed by atoms with E-state index in [9.17, 15) is 17.6 Å². The van der Waals surface area contributed by atoms with Crippen LogP contribution in [0.15, 0.2) is 34.2 Å². The van der Waals surface area contributed by atoms with Gasteiger partial charge in [0.2, 0.25) is 5.91 Å². The van der Waals surface area contributed by atoms with Crippen LogP contribution >= 0.6 is 0 Å². The van der Waals surface area contributed by atoms with Crippen molar-refractivity contribution in [2.45, 2.75) is 54.7 Å². The maximum atomic E-state index is 13.5. The van der Waals surface area contributed by atoms with Gasteiger partial charge in [0.25, 0.3) is 0 Å². The standard InChI is InChI=1S/C18H24FN3O3S/c1-18(11-16(23)22(2)17(20)21-18)12-5-3-7-14(9-12)26(24,25)15-8-4-6-13(19)10-15/h4,6,8,10,12,14H,3,5,7,9,11H2,1-2H3,(H2,20,21)/t12?,14?,18-/m0/s1. The summed E-state index contributed by atoms with van der Waals surface area (Å²) >= 11 is 0. The smallest absolute Gasteiger partial charge is 0.231 e. The Morgan fingerprint density at radius 1 is 1.35 bits per heavy atom. The number of carbonyl (C=O) groups is 1. The third kappa shape index (κ3) is 3.34. The molecule has 1 aliphatic heterocycles. The second kappa shape index (κ2) is 6.64. The minimum atomic E-state index is -3.64. The van der Waals surface area contributed by atoms with Crippen molar-refractivity contribution in [2.75, 3.05) is 7.05 Å². The maximum absolute atomic E-state index is 13.5. The van der Waals surface area contributed by atoms with Gasteiger partial charge >= 0.3 is 0 Å². The molecule has 26 heavy (non-hydrogen) atoms. The number of carbonyl (C=O) groups excluding carboxylic acids is 1. The van der Waals surface area contributed by atoms with Crippen molar-refractivity contribution < 1.29 is 17.6 Å². The van der Waals surface area contributed by atoms with E-state index in [0.29, 0.717) is 12.8 Å². The van der Waals surface area contributed by atoms with Crippen LogP contribution in [0.3, 0.4) is 0 Å². The van der Waals surface area contributed by atoms with Gasteiger partial charge in [-0.25, -0.2) is 17.8 Å². The molecule has 1 amide bonds. The number of hydrogen-bond donors (Lipinski definition) is 1. The van der Waals surface area contributed by atoms with Gasteiger partial charge in [-0.15, -0.1) is 0 Å². The summed E-state index contributed by atoms with van der Waals surface area (Å²) in [6.07, 6.45) is 2.64. The number of amides is 1. The van der Waals surface area contributed by atoms with Crippen LogP contribution in [-0.2, 0) is 14.6 Å². The Morgan fingerprint density at radius 3 is 2.73 bits per heavy atom. The van der Waals surface area contributed by atoms with Crippen LogP contribution in [-0.4, -0.2) is 43.0 Å². The first-order valence-electron chi connectivity index (χ1n) is 8.75. The predicted molar refractivity (Wildman–Crippen MR) is 96.7 cm³/mol. The number of nitrogens with zero attached hydrogens (tertiary/aromatic N) is 2. The van der Waals surface area contributed by atoms with Crippen LogP contribution in [0.2, 0.25) is 0 Å². The number of aliphatic imine (C=N–C) groups is 1. The summed E-state index contributed by atoms with van der Waals surface area (Å²) in [5, 5.41) is -0.606. The Hall–Kier alpha value is -1.96. The van der Waals surface area contributed by atoms with Gasteiger partial charge in [-0.1, -0.05) is 12.5 Å². The van der Waals surface area contributed by atoms with Gasteiger partial charge in [-0.05, 0) is 50.3 Å². The first kappa shape index (κ1) is 18.8. The maximum Gasteiger partial charge on any atom is 0.231 e. The van der Waals surface area contributed by atoms with Crippen LogP contribution in [0.1, 0.15) is 39.0 Å². The third-order valence-corrected chi connectivity index (χ3v) is 7.88. The van der Waals surface area contributed by atoms with E-state index in [4.69, 9.17) is 5.73 Å². The summed E-state index contributed by atoms with van der Waals surface area (Å²) in [6.45, 7) is 1.87. The van der Waals surface area contributed by atoms with Gasteiger partial charge in [-0.3, -0.25) is 9.69 Å². The second-order valence-corrected chi connectivity index (χ2v) is 9.67. The highest BCUT2D eigenvalue weighted by Gasteiger charge is 2.45. The van der Waals surface area contributed by atoms with Crippen molar-refractivity contribution in [3.8, 4) is 0 Å². The molecule has 2 aliphatic rings. The second-order valence-electron chi connectivity index (χ2n) is 7.44. The molecule has 0 spiro atoms. The monoisotopic (exact) mass is 381 g/mol. The fraction of sp³-hybridized carbons (Fsp3) is 0.556. The zero-order chi connectivity index (χ0) is 19.1. The molecule has 0 saturated heterocycles. The lowest BCUT2D eigenvalue weighted by Gasteiger charge is -2.42. The largest absolute Gasteiger partial charge is 0.369 e. The van der Waals surface area contributed by atoms with E-state index in [1.165, 1.54) is 23.1 Å². The highest BCUT2D eigenvalue weighted by molar-refractivity contribution is 7.92. The van der Waals surface area contributed by atoms with Crippen molar-refractivity contribution in [3.63, 3.8) is 0 Å². The van der Waals surface area contributed by atoms with Crippen molar-refractivity contribution in [3.05, 3.63) is 30.1 Å². The topological polar surface area (TPSA) is 92.8 Å². The first-order chi connectivity index (χ1) is 12.1. The Morgan fingerprint density at radius 2 is 2.08 bits per heavy atom. The van der Waals surface area contributed by atoms with E-state index in [1.807, 2.05) is 6.92 Å². The quantitative estimate of drug-likeness (QED) is 0.868. The molecule has 3 rings (SSSR count). The van der Waals surface area contributed by atoms with Crippen LogP contribution in [0.25, 0.3) is 0 Å². The van der Waals surface area contributed by atoms with Crippen LogP contribution < -0.4 is 5.73 Å². The Labute approximate surface area is 153 Å². The molecular weight excluding hydrogens is 357 g/mol. The number of guanidine groups is 1. The molecule has 1 aliphatic carbocycles. The van der Waals surface area contributed by atoms with E-state index in [1.54, 1.807) is 7.05 Å². The summed E-state index contributed by atoms with van der Waals surface area (Å²) in [4.78, 5) is 18.1. The van der Waals surface area contributed by atoms with Crippen LogP contribution in [0.4, 0.5) is 4.39 Å². The van der Waals surface area contributed by atoms with Gasteiger partial charge < -0.3 is 5.73 Å². The van der Waals surface area contributed by atoms with Crippen molar-refractivity contribution in [2.24, 2.45) is 16.6 Å². The molecule has 2 unspecified atom stereocenters. The molecule has 142 valence electrons. The number of benzene rings is 1. The van der Waals surface area contributed by atoms with Gasteiger partial charge in [0.1, 0.15) is 5.82 Å². The molecule has 1 heterocycles. The fourth-order valence-electron chi connectivity index (χ4n) is 3.99. The van der Waals surface area contributed by atoms with Crippen LogP contribution in [0, 0.1) is 11.7 Å². The molecular formula is C18H24FN3O3S. The zero-order valence-corrected chi connectivity index (χ0v) is 15.8. The van der Waals surface area contributed by atoms with Gasteiger partial charge in [0.05, 0.1) is 22.1 Å². The van der Waals surface area contributed by atoms with E-state index in [-0.39, 0.29) is 29.1 Å². The van der Waals surface area contributed by atoms with E-state index in [2.05, 4.69) is 4.99 Å². The minimum Gasteiger partial charge on any atom is -0.369 e. The minimum absolute atomic E-state index is 0.00997. The first-order valence-corrected chi connectivity index (χ1v) is 10.3. The van der Waals surface area contributed by atoms with Gasteiger partial charge in [-0.2, -0.15) is 0 Å². The highest BCUT2D eigenvalue weighted by atomic mass is 32.2. The summed E-state index contributed by atoms with van der Waals surface area (Å²) in [5.41, 5.74) is 5.17. The number of halogens is 1. The molecule has 0 aromatic heterocycles. The molecule has 0 radical (unpaired) electrons. The molecule has 3 atom stereocenters. The Bertz CT molecular complexity index is 855. The van der Waals surface area contributed by atoms with Gasteiger partial charge in [0.15, 0.2) is 15.8 Å². The number of hydrogen-bond acceptors (Lipinski definition) is 5. The van der Waals surface area contributed by atoms with E-state index >= 15 is 0 Å². The highest BCUT2D eigenvalue weighted by Crippen LogP contribution is 2.42. The molecule has 1 fully saturated rings. The summed E-state index contributed by atoms with van der Waals surface area (Å²) < 4.78 is 39.4. The lowest BCUT2D eigenvalue weighted by molar-refractivity contribution is -0.129. The lowest BCUT2D eigenvalue weighted by Crippen LogP contribution is -2.52. The third-order valence-electron chi connectivity index (χ3n) is 5.67. The van der Waals surface area contributed by atoms with Gasteiger partial charge in [0, 0.05) is 7.05 Å².